The molecule has 3 aromatic rings. The van der Waals surface area contributed by atoms with Crippen LogP contribution in [0.25, 0.3) is 0 Å². The van der Waals surface area contributed by atoms with Crippen molar-refractivity contribution in [1.82, 2.24) is 20.1 Å². The van der Waals surface area contributed by atoms with Gasteiger partial charge >= 0.3 is 0 Å². The Morgan fingerprint density at radius 1 is 1.10 bits per heavy atom. The number of amides is 2. The number of carbonyl (C=O) groups is 2. The Kier molecular flexibility index (Phi) is 7.48. The Bertz CT molecular complexity index is 1040. The van der Waals surface area contributed by atoms with E-state index in [9.17, 15) is 9.59 Å². The average molecular weight is 444 g/mol. The molecule has 1 heterocycles. The van der Waals surface area contributed by atoms with Gasteiger partial charge in [0.25, 0.3) is 5.91 Å². The van der Waals surface area contributed by atoms with Crippen LogP contribution in [0.15, 0.2) is 53.7 Å². The molecule has 2 N–H and O–H groups in total. The minimum Gasteiger partial charge on any atom is -0.345 e. The zero-order valence-corrected chi connectivity index (χ0v) is 18.3. The van der Waals surface area contributed by atoms with Crippen molar-refractivity contribution in [2.24, 2.45) is 7.05 Å². The molecular formula is C21H22ClN5O2S. The molecule has 156 valence electrons. The Labute approximate surface area is 184 Å². The van der Waals surface area contributed by atoms with Crippen molar-refractivity contribution in [3.63, 3.8) is 0 Å². The van der Waals surface area contributed by atoms with Crippen LogP contribution in [0.5, 0.6) is 0 Å². The summed E-state index contributed by atoms with van der Waals surface area (Å²) in [5, 5.41) is 14.8. The van der Waals surface area contributed by atoms with Gasteiger partial charge in [-0.25, -0.2) is 0 Å². The fourth-order valence-corrected chi connectivity index (χ4v) is 3.63. The summed E-state index contributed by atoms with van der Waals surface area (Å²) in [7, 11) is 1.79. The van der Waals surface area contributed by atoms with E-state index in [-0.39, 0.29) is 24.1 Å². The van der Waals surface area contributed by atoms with Crippen LogP contribution in [0.1, 0.15) is 28.7 Å². The molecule has 0 radical (unpaired) electrons. The second-order valence-corrected chi connectivity index (χ2v) is 7.86. The van der Waals surface area contributed by atoms with E-state index in [1.54, 1.807) is 35.9 Å². The maximum atomic E-state index is 12.3. The van der Waals surface area contributed by atoms with E-state index in [0.29, 0.717) is 21.6 Å². The molecule has 30 heavy (non-hydrogen) atoms. The molecule has 0 fully saturated rings. The highest BCUT2D eigenvalue weighted by Gasteiger charge is 2.14. The summed E-state index contributed by atoms with van der Waals surface area (Å²) in [6.07, 6.45) is 0.956. The first kappa shape index (κ1) is 21.9. The summed E-state index contributed by atoms with van der Waals surface area (Å²) in [6, 6.07) is 14.6. The number of hydrogen-bond acceptors (Lipinski definition) is 5. The summed E-state index contributed by atoms with van der Waals surface area (Å²) < 4.78 is 1.75. The number of anilines is 1. The van der Waals surface area contributed by atoms with Gasteiger partial charge in [-0.05, 0) is 36.2 Å². The van der Waals surface area contributed by atoms with E-state index in [1.165, 1.54) is 17.3 Å². The number of carbonyl (C=O) groups excluding carboxylic acids is 2. The van der Waals surface area contributed by atoms with Crippen molar-refractivity contribution in [3.05, 3.63) is 70.5 Å². The first-order valence-electron chi connectivity index (χ1n) is 9.40. The summed E-state index contributed by atoms with van der Waals surface area (Å²) in [4.78, 5) is 24.5. The van der Waals surface area contributed by atoms with Gasteiger partial charge in [0.05, 0.1) is 22.9 Å². The van der Waals surface area contributed by atoms with E-state index < -0.39 is 0 Å². The molecule has 2 amide bonds. The number of halogens is 1. The van der Waals surface area contributed by atoms with Crippen LogP contribution in [0.3, 0.4) is 0 Å². The van der Waals surface area contributed by atoms with Crippen molar-refractivity contribution in [1.29, 1.82) is 0 Å². The lowest BCUT2D eigenvalue weighted by Crippen LogP contribution is -2.24. The molecule has 0 unspecified atom stereocenters. The number of nitrogens with one attached hydrogen (secondary N) is 2. The fraction of sp³-hybridized carbons (Fsp3) is 0.238. The van der Waals surface area contributed by atoms with Gasteiger partial charge in [-0.15, -0.1) is 10.2 Å². The number of hydrogen-bond donors (Lipinski definition) is 2. The van der Waals surface area contributed by atoms with E-state index in [0.717, 1.165) is 12.1 Å². The van der Waals surface area contributed by atoms with E-state index in [1.807, 2.05) is 24.3 Å². The third kappa shape index (κ3) is 5.61. The predicted molar refractivity (Wildman–Crippen MR) is 119 cm³/mol. The number of thioether (sulfide) groups is 1. The molecule has 0 bridgehead atoms. The minimum atomic E-state index is -0.286. The van der Waals surface area contributed by atoms with Crippen molar-refractivity contribution in [2.45, 2.75) is 25.0 Å². The van der Waals surface area contributed by atoms with Crippen LogP contribution >= 0.6 is 23.4 Å². The van der Waals surface area contributed by atoms with Crippen LogP contribution in [0, 0.1) is 0 Å². The lowest BCUT2D eigenvalue weighted by Gasteiger charge is -2.07. The summed E-state index contributed by atoms with van der Waals surface area (Å²) in [5.41, 5.74) is 2.38. The molecular weight excluding hydrogens is 422 g/mol. The maximum Gasteiger partial charge on any atom is 0.253 e. The largest absolute Gasteiger partial charge is 0.345 e. The van der Waals surface area contributed by atoms with Gasteiger partial charge in [-0.1, -0.05) is 54.6 Å². The van der Waals surface area contributed by atoms with Gasteiger partial charge < -0.3 is 15.2 Å². The lowest BCUT2D eigenvalue weighted by atomic mass is 10.1. The maximum absolute atomic E-state index is 12.3. The standard InChI is InChI=1S/C21H22ClN5O2S/c1-3-14-8-10-15(11-9-14)24-19(28)13-30-21-26-25-18(27(21)2)12-23-20(29)16-6-4-5-7-17(16)22/h4-11H,3,12-13H2,1-2H3,(H,23,29)(H,24,28). The average Bonchev–Trinajstić information content (AvgIpc) is 3.11. The van der Waals surface area contributed by atoms with Crippen molar-refractivity contribution < 1.29 is 9.59 Å². The first-order chi connectivity index (χ1) is 14.5. The Balaban J connectivity index is 1.51. The molecule has 0 saturated heterocycles. The van der Waals surface area contributed by atoms with Crippen LogP contribution in [0.4, 0.5) is 5.69 Å². The van der Waals surface area contributed by atoms with E-state index in [4.69, 9.17) is 11.6 Å². The molecule has 1 aromatic heterocycles. The van der Waals surface area contributed by atoms with Crippen molar-refractivity contribution >= 4 is 40.9 Å². The quantitative estimate of drug-likeness (QED) is 0.518. The molecule has 0 atom stereocenters. The summed E-state index contributed by atoms with van der Waals surface area (Å²) in [6.45, 7) is 2.28. The van der Waals surface area contributed by atoms with Gasteiger partial charge in [-0.2, -0.15) is 0 Å². The molecule has 0 aliphatic rings. The fourth-order valence-electron chi connectivity index (χ4n) is 2.68. The second-order valence-electron chi connectivity index (χ2n) is 6.51. The molecule has 0 aliphatic carbocycles. The zero-order chi connectivity index (χ0) is 21.5. The van der Waals surface area contributed by atoms with Gasteiger partial charge in [0, 0.05) is 12.7 Å². The van der Waals surface area contributed by atoms with Gasteiger partial charge in [0.1, 0.15) is 0 Å². The number of benzene rings is 2. The number of rotatable bonds is 8. The highest BCUT2D eigenvalue weighted by Crippen LogP contribution is 2.18. The van der Waals surface area contributed by atoms with Crippen LogP contribution in [-0.2, 0) is 24.8 Å². The zero-order valence-electron chi connectivity index (χ0n) is 16.7. The number of nitrogens with zero attached hydrogens (tertiary/aromatic N) is 3. The second kappa shape index (κ2) is 10.3. The third-order valence-corrected chi connectivity index (χ3v) is 5.78. The normalized spacial score (nSPS) is 10.6. The summed E-state index contributed by atoms with van der Waals surface area (Å²) >= 11 is 7.32. The van der Waals surface area contributed by atoms with E-state index >= 15 is 0 Å². The van der Waals surface area contributed by atoms with Gasteiger partial charge in [0.15, 0.2) is 11.0 Å². The highest BCUT2D eigenvalue weighted by molar-refractivity contribution is 7.99. The lowest BCUT2D eigenvalue weighted by molar-refractivity contribution is -0.113. The molecule has 7 nitrogen and oxygen atoms in total. The van der Waals surface area contributed by atoms with Crippen molar-refractivity contribution in [2.75, 3.05) is 11.1 Å². The third-order valence-electron chi connectivity index (χ3n) is 4.43. The van der Waals surface area contributed by atoms with Crippen molar-refractivity contribution in [3.8, 4) is 0 Å². The Morgan fingerprint density at radius 2 is 1.83 bits per heavy atom. The molecule has 0 saturated carbocycles. The minimum absolute atomic E-state index is 0.124. The molecule has 3 rings (SSSR count). The number of aromatic nitrogens is 3. The molecule has 0 spiro atoms. The monoisotopic (exact) mass is 443 g/mol. The first-order valence-corrected chi connectivity index (χ1v) is 10.8. The van der Waals surface area contributed by atoms with Crippen LogP contribution in [-0.4, -0.2) is 32.3 Å². The van der Waals surface area contributed by atoms with Crippen LogP contribution in [0.2, 0.25) is 5.02 Å². The SMILES string of the molecule is CCc1ccc(NC(=O)CSc2nnc(CNC(=O)c3ccccc3Cl)n2C)cc1. The number of aryl methyl sites for hydroxylation is 1. The van der Waals surface area contributed by atoms with Gasteiger partial charge in [0.2, 0.25) is 5.91 Å². The smallest absolute Gasteiger partial charge is 0.253 e. The highest BCUT2D eigenvalue weighted by atomic mass is 35.5. The Hall–Kier alpha value is -2.84. The molecule has 0 aliphatic heterocycles. The van der Waals surface area contributed by atoms with Gasteiger partial charge in [-0.3, -0.25) is 9.59 Å². The molecule has 9 heteroatoms. The predicted octanol–water partition coefficient (Wildman–Crippen LogP) is 3.69. The van der Waals surface area contributed by atoms with Crippen LogP contribution < -0.4 is 10.6 Å². The summed E-state index contributed by atoms with van der Waals surface area (Å²) in [5.74, 6) is 0.369. The Morgan fingerprint density at radius 3 is 2.53 bits per heavy atom. The van der Waals surface area contributed by atoms with E-state index in [2.05, 4.69) is 27.8 Å². The topological polar surface area (TPSA) is 88.9 Å². The molecule has 2 aromatic carbocycles.